The highest BCUT2D eigenvalue weighted by atomic mass is 19.2. The van der Waals surface area contributed by atoms with Gasteiger partial charge in [0.25, 0.3) is 0 Å². The molecule has 0 aliphatic heterocycles. The van der Waals surface area contributed by atoms with Crippen LogP contribution in [0.15, 0.2) is 22.6 Å². The fourth-order valence-corrected chi connectivity index (χ4v) is 1.65. The van der Waals surface area contributed by atoms with Crippen LogP contribution in [0, 0.1) is 23.3 Å². The molecule has 0 aliphatic carbocycles. The van der Waals surface area contributed by atoms with Crippen molar-refractivity contribution in [2.75, 3.05) is 7.05 Å². The average Bonchev–Trinajstić information content (AvgIpc) is 2.85. The molecule has 102 valence electrons. The van der Waals surface area contributed by atoms with Crippen molar-refractivity contribution < 1.29 is 22.0 Å². The molecule has 0 fully saturated rings. The van der Waals surface area contributed by atoms with Gasteiger partial charge in [-0.05, 0) is 26.1 Å². The van der Waals surface area contributed by atoms with Crippen LogP contribution in [0.5, 0.6) is 0 Å². The molecule has 2 nitrogen and oxygen atoms in total. The maximum Gasteiger partial charge on any atom is 0.172 e. The van der Waals surface area contributed by atoms with Crippen LogP contribution in [-0.4, -0.2) is 7.05 Å². The van der Waals surface area contributed by atoms with Crippen molar-refractivity contribution in [3.8, 4) is 11.3 Å². The fourth-order valence-electron chi connectivity index (χ4n) is 1.65. The average molecular weight is 273 g/mol. The zero-order chi connectivity index (χ0) is 14.2. The number of furan rings is 1. The summed E-state index contributed by atoms with van der Waals surface area (Å²) in [6, 6.07) is 2.72. The van der Waals surface area contributed by atoms with E-state index in [-0.39, 0.29) is 17.9 Å². The second-order valence-corrected chi connectivity index (χ2v) is 4.06. The highest BCUT2D eigenvalue weighted by Gasteiger charge is 2.23. The molecule has 0 saturated heterocycles. The summed E-state index contributed by atoms with van der Waals surface area (Å²) < 4.78 is 58.5. The van der Waals surface area contributed by atoms with E-state index in [0.717, 1.165) is 0 Å². The number of hydrogen-bond acceptors (Lipinski definition) is 2. The summed E-state index contributed by atoms with van der Waals surface area (Å²) in [5, 5.41) is 2.87. The molecule has 0 amide bonds. The first-order valence-electron chi connectivity index (χ1n) is 5.56. The number of hydrogen-bond donors (Lipinski definition) is 1. The van der Waals surface area contributed by atoms with Gasteiger partial charge in [-0.1, -0.05) is 0 Å². The minimum Gasteiger partial charge on any atom is -0.459 e. The van der Waals surface area contributed by atoms with Crippen LogP contribution in [0.2, 0.25) is 0 Å². The number of halogens is 4. The lowest BCUT2D eigenvalue weighted by molar-refractivity contribution is 0.434. The van der Waals surface area contributed by atoms with Gasteiger partial charge in [-0.25, -0.2) is 17.6 Å². The van der Waals surface area contributed by atoms with Crippen LogP contribution in [-0.2, 0) is 0 Å². The molecule has 0 saturated carbocycles. The Morgan fingerprint density at radius 3 is 2.16 bits per heavy atom. The van der Waals surface area contributed by atoms with Gasteiger partial charge in [-0.3, -0.25) is 0 Å². The molecule has 1 atom stereocenters. The third kappa shape index (κ3) is 2.35. The quantitative estimate of drug-likeness (QED) is 0.680. The van der Waals surface area contributed by atoms with Crippen LogP contribution in [0.25, 0.3) is 11.3 Å². The van der Waals surface area contributed by atoms with E-state index in [9.17, 15) is 17.6 Å². The van der Waals surface area contributed by atoms with Gasteiger partial charge in [-0.2, -0.15) is 0 Å². The summed E-state index contributed by atoms with van der Waals surface area (Å²) in [5.74, 6) is -5.73. The standard InChI is InChI=1S/C13H11F4NO/c1-6(18-2)9-3-4-10(19-9)11-12(16)7(14)5-8(15)13(11)17/h3-6,18H,1-2H3. The van der Waals surface area contributed by atoms with Gasteiger partial charge in [0, 0.05) is 6.07 Å². The Balaban J connectivity index is 2.56. The van der Waals surface area contributed by atoms with Crippen molar-refractivity contribution >= 4 is 0 Å². The van der Waals surface area contributed by atoms with E-state index < -0.39 is 28.8 Å². The van der Waals surface area contributed by atoms with Crippen LogP contribution in [0.1, 0.15) is 18.7 Å². The second-order valence-electron chi connectivity index (χ2n) is 4.06. The molecule has 6 heteroatoms. The largest absolute Gasteiger partial charge is 0.459 e. The van der Waals surface area contributed by atoms with Crippen LogP contribution in [0.4, 0.5) is 17.6 Å². The van der Waals surface area contributed by atoms with E-state index in [2.05, 4.69) is 5.32 Å². The van der Waals surface area contributed by atoms with Crippen LogP contribution < -0.4 is 5.32 Å². The minimum absolute atomic E-state index is 0.161. The molecular weight excluding hydrogens is 262 g/mol. The number of nitrogens with one attached hydrogen (secondary N) is 1. The van der Waals surface area contributed by atoms with Crippen molar-refractivity contribution in [3.05, 3.63) is 47.2 Å². The lowest BCUT2D eigenvalue weighted by Gasteiger charge is -2.07. The second kappa shape index (κ2) is 5.05. The van der Waals surface area contributed by atoms with Crippen molar-refractivity contribution in [1.82, 2.24) is 5.32 Å². The summed E-state index contributed by atoms with van der Waals surface area (Å²) in [5.41, 5.74) is -0.841. The Bertz CT molecular complexity index is 583. The van der Waals surface area contributed by atoms with E-state index in [4.69, 9.17) is 4.42 Å². The molecule has 0 aliphatic rings. The zero-order valence-corrected chi connectivity index (χ0v) is 10.2. The maximum absolute atomic E-state index is 13.6. The van der Waals surface area contributed by atoms with E-state index in [1.807, 2.05) is 0 Å². The highest BCUT2D eigenvalue weighted by Crippen LogP contribution is 2.32. The van der Waals surface area contributed by atoms with Gasteiger partial charge < -0.3 is 9.73 Å². The summed E-state index contributed by atoms with van der Waals surface area (Å²) in [6.45, 7) is 1.77. The van der Waals surface area contributed by atoms with Gasteiger partial charge >= 0.3 is 0 Å². The smallest absolute Gasteiger partial charge is 0.172 e. The minimum atomic E-state index is -1.48. The number of rotatable bonds is 3. The van der Waals surface area contributed by atoms with E-state index in [0.29, 0.717) is 5.76 Å². The molecule has 0 spiro atoms. The van der Waals surface area contributed by atoms with Crippen LogP contribution in [0.3, 0.4) is 0 Å². The van der Waals surface area contributed by atoms with Crippen LogP contribution >= 0.6 is 0 Å². The first-order valence-corrected chi connectivity index (χ1v) is 5.56. The molecule has 0 radical (unpaired) electrons. The predicted molar refractivity (Wildman–Crippen MR) is 61.5 cm³/mol. The van der Waals surface area contributed by atoms with Crippen molar-refractivity contribution in [3.63, 3.8) is 0 Å². The zero-order valence-electron chi connectivity index (χ0n) is 10.2. The lowest BCUT2D eigenvalue weighted by atomic mass is 10.1. The molecule has 2 aromatic rings. The molecule has 19 heavy (non-hydrogen) atoms. The molecule has 1 aromatic carbocycles. The molecule has 1 N–H and O–H groups in total. The third-order valence-electron chi connectivity index (χ3n) is 2.84. The molecule has 2 rings (SSSR count). The first-order chi connectivity index (χ1) is 8.95. The lowest BCUT2D eigenvalue weighted by Crippen LogP contribution is -2.11. The topological polar surface area (TPSA) is 25.2 Å². The van der Waals surface area contributed by atoms with Crippen molar-refractivity contribution in [1.29, 1.82) is 0 Å². The summed E-state index contributed by atoms with van der Waals surface area (Å²) >= 11 is 0. The van der Waals surface area contributed by atoms with Gasteiger partial charge in [0.15, 0.2) is 23.3 Å². The Labute approximate surface area is 107 Å². The van der Waals surface area contributed by atoms with Gasteiger partial charge in [0.05, 0.1) is 11.6 Å². The van der Waals surface area contributed by atoms with Crippen molar-refractivity contribution in [2.24, 2.45) is 0 Å². The highest BCUT2D eigenvalue weighted by molar-refractivity contribution is 5.60. The Kier molecular flexibility index (Phi) is 3.61. The molecule has 1 heterocycles. The van der Waals surface area contributed by atoms with Gasteiger partial charge in [0.2, 0.25) is 0 Å². The third-order valence-corrected chi connectivity index (χ3v) is 2.84. The molecule has 1 unspecified atom stereocenters. The van der Waals surface area contributed by atoms with E-state index in [1.165, 1.54) is 12.1 Å². The summed E-state index contributed by atoms with van der Waals surface area (Å²) in [6.07, 6.45) is 0. The Morgan fingerprint density at radius 2 is 1.63 bits per heavy atom. The van der Waals surface area contributed by atoms with Gasteiger partial charge in [0.1, 0.15) is 11.5 Å². The first kappa shape index (κ1) is 13.6. The normalized spacial score (nSPS) is 12.7. The van der Waals surface area contributed by atoms with E-state index >= 15 is 0 Å². The summed E-state index contributed by atoms with van der Waals surface area (Å²) in [7, 11) is 1.68. The molecule has 1 aromatic heterocycles. The van der Waals surface area contributed by atoms with Gasteiger partial charge in [-0.15, -0.1) is 0 Å². The summed E-state index contributed by atoms with van der Waals surface area (Å²) in [4.78, 5) is 0. The Morgan fingerprint density at radius 1 is 1.05 bits per heavy atom. The van der Waals surface area contributed by atoms with Crippen molar-refractivity contribution in [2.45, 2.75) is 13.0 Å². The predicted octanol–water partition coefficient (Wildman–Crippen LogP) is 3.78. The Hall–Kier alpha value is -1.82. The SMILES string of the molecule is CNC(C)c1ccc(-c2c(F)c(F)cc(F)c2F)o1. The van der Waals surface area contributed by atoms with E-state index in [1.54, 1.807) is 14.0 Å². The molecular formula is C13H11F4NO. The number of benzene rings is 1. The monoisotopic (exact) mass is 273 g/mol. The molecule has 0 bridgehead atoms. The maximum atomic E-state index is 13.6. The fraction of sp³-hybridized carbons (Fsp3) is 0.231.